The Morgan fingerprint density at radius 1 is 1.14 bits per heavy atom. The lowest BCUT2D eigenvalue weighted by Gasteiger charge is -2.06. The molecule has 3 rings (SSSR count). The first-order valence-electron chi connectivity index (χ1n) is 8.51. The fraction of sp³-hybridized carbons (Fsp3) is 0.158. The summed E-state index contributed by atoms with van der Waals surface area (Å²) in [6.07, 6.45) is -0.0911. The van der Waals surface area contributed by atoms with Gasteiger partial charge in [-0.15, -0.1) is 0 Å². The van der Waals surface area contributed by atoms with Gasteiger partial charge >= 0.3 is 0 Å². The number of nitrogens with zero attached hydrogens (tertiary/aromatic N) is 2. The quantitative estimate of drug-likeness (QED) is 0.428. The van der Waals surface area contributed by atoms with E-state index >= 15 is 0 Å². The lowest BCUT2D eigenvalue weighted by Crippen LogP contribution is -2.32. The van der Waals surface area contributed by atoms with Crippen LogP contribution < -0.4 is 21.7 Å². The summed E-state index contributed by atoms with van der Waals surface area (Å²) in [6, 6.07) is 13.9. The van der Waals surface area contributed by atoms with Gasteiger partial charge in [-0.3, -0.25) is 14.9 Å². The van der Waals surface area contributed by atoms with E-state index in [0.29, 0.717) is 5.69 Å². The number of carbonyl (C=O) groups is 2. The molecule has 0 saturated heterocycles. The molecule has 1 aliphatic heterocycles. The van der Waals surface area contributed by atoms with Crippen molar-refractivity contribution in [2.45, 2.75) is 19.4 Å². The van der Waals surface area contributed by atoms with Crippen LogP contribution in [0.25, 0.3) is 0 Å². The van der Waals surface area contributed by atoms with Gasteiger partial charge in [-0.25, -0.2) is 4.99 Å². The van der Waals surface area contributed by atoms with Crippen LogP contribution in [0.3, 0.4) is 0 Å². The number of nitrogens with two attached hydrogens (primary N) is 1. The lowest BCUT2D eigenvalue weighted by atomic mass is 10.2. The molecule has 2 aromatic rings. The third-order valence-corrected chi connectivity index (χ3v) is 4.40. The highest BCUT2D eigenvalue weighted by atomic mass is 79.9. The zero-order valence-electron chi connectivity index (χ0n) is 15.1. The van der Waals surface area contributed by atoms with Gasteiger partial charge in [-0.2, -0.15) is 4.99 Å². The predicted octanol–water partition coefficient (Wildman–Crippen LogP) is 2.37. The summed E-state index contributed by atoms with van der Waals surface area (Å²) in [5.41, 5.74) is 8.38. The summed E-state index contributed by atoms with van der Waals surface area (Å²) in [6.45, 7) is 1.98. The van der Waals surface area contributed by atoms with Gasteiger partial charge < -0.3 is 16.4 Å². The number of carbonyl (C=O) groups excluding carboxylic acids is 2. The number of anilines is 2. The Labute approximate surface area is 170 Å². The van der Waals surface area contributed by atoms with E-state index < -0.39 is 11.9 Å². The van der Waals surface area contributed by atoms with E-state index in [2.05, 4.69) is 41.9 Å². The van der Waals surface area contributed by atoms with Gasteiger partial charge in [-0.1, -0.05) is 33.6 Å². The highest BCUT2D eigenvalue weighted by molar-refractivity contribution is 9.10. The standard InChI is InChI=1S/C19H19BrN6O2/c1-11-2-6-14(7-3-11)23-18(21)26-19-24-15(17(28)25-19)10-16(27)22-13-8-4-12(20)5-9-13/h2-9,15H,10H2,1H3,(H,22,27)(H4,21,23,24,25,26,28)/t15-/m1/s1. The molecule has 0 aliphatic carbocycles. The highest BCUT2D eigenvalue weighted by Gasteiger charge is 2.28. The zero-order valence-corrected chi connectivity index (χ0v) is 16.7. The molecule has 28 heavy (non-hydrogen) atoms. The summed E-state index contributed by atoms with van der Waals surface area (Å²) in [5, 5.41) is 8.17. The summed E-state index contributed by atoms with van der Waals surface area (Å²) in [4.78, 5) is 32.4. The predicted molar refractivity (Wildman–Crippen MR) is 113 cm³/mol. The minimum absolute atomic E-state index is 0.0727. The van der Waals surface area contributed by atoms with E-state index in [4.69, 9.17) is 5.73 Å². The number of halogens is 1. The number of rotatable bonds is 4. The fourth-order valence-corrected chi connectivity index (χ4v) is 2.74. The van der Waals surface area contributed by atoms with Crippen molar-refractivity contribution in [3.05, 3.63) is 58.6 Å². The molecule has 0 radical (unpaired) electrons. The van der Waals surface area contributed by atoms with Gasteiger partial charge in [0.2, 0.25) is 17.8 Å². The van der Waals surface area contributed by atoms with Gasteiger partial charge in [0.15, 0.2) is 0 Å². The van der Waals surface area contributed by atoms with Crippen molar-refractivity contribution in [2.75, 3.05) is 10.6 Å². The number of benzene rings is 2. The minimum atomic E-state index is -0.846. The number of amides is 2. The maximum absolute atomic E-state index is 12.2. The third kappa shape index (κ3) is 5.40. The Balaban J connectivity index is 1.59. The number of nitrogens with one attached hydrogen (secondary N) is 3. The Bertz CT molecular complexity index is 938. The van der Waals surface area contributed by atoms with Gasteiger partial charge in [0, 0.05) is 15.8 Å². The highest BCUT2D eigenvalue weighted by Crippen LogP contribution is 2.15. The smallest absolute Gasteiger partial charge is 0.252 e. The van der Waals surface area contributed by atoms with Crippen molar-refractivity contribution in [3.63, 3.8) is 0 Å². The molecule has 2 amide bonds. The molecule has 5 N–H and O–H groups in total. The maximum atomic E-state index is 12.2. The largest absolute Gasteiger partial charge is 0.369 e. The number of aliphatic imine (C=N–C) groups is 2. The zero-order chi connectivity index (χ0) is 20.1. The third-order valence-electron chi connectivity index (χ3n) is 3.87. The summed E-state index contributed by atoms with van der Waals surface area (Å²) in [7, 11) is 0. The topological polar surface area (TPSA) is 121 Å². The second kappa shape index (κ2) is 8.66. The molecule has 1 aliphatic rings. The van der Waals surface area contributed by atoms with Crippen LogP contribution >= 0.6 is 15.9 Å². The summed E-state index contributed by atoms with van der Waals surface area (Å²) in [5.74, 6) is -0.554. The van der Waals surface area contributed by atoms with Gasteiger partial charge in [0.25, 0.3) is 5.91 Å². The van der Waals surface area contributed by atoms with Crippen molar-refractivity contribution in [2.24, 2.45) is 15.7 Å². The van der Waals surface area contributed by atoms with Crippen LogP contribution in [0, 0.1) is 6.92 Å². The van der Waals surface area contributed by atoms with Crippen LogP contribution in [-0.2, 0) is 9.59 Å². The second-order valence-electron chi connectivity index (χ2n) is 6.21. The second-order valence-corrected chi connectivity index (χ2v) is 7.12. The van der Waals surface area contributed by atoms with E-state index in [1.807, 2.05) is 43.3 Å². The number of hydrogen-bond donors (Lipinski definition) is 4. The summed E-state index contributed by atoms with van der Waals surface area (Å²) >= 11 is 3.33. The first kappa shape index (κ1) is 19.6. The van der Waals surface area contributed by atoms with Crippen molar-refractivity contribution < 1.29 is 9.59 Å². The van der Waals surface area contributed by atoms with Crippen LogP contribution in [0.1, 0.15) is 12.0 Å². The molecule has 2 aromatic carbocycles. The number of hydrogen-bond acceptors (Lipinski definition) is 4. The molecule has 8 nitrogen and oxygen atoms in total. The lowest BCUT2D eigenvalue weighted by molar-refractivity contribution is -0.123. The van der Waals surface area contributed by atoms with E-state index in [1.165, 1.54) is 0 Å². The van der Waals surface area contributed by atoms with E-state index in [1.54, 1.807) is 12.1 Å². The number of guanidine groups is 2. The van der Waals surface area contributed by atoms with Crippen molar-refractivity contribution >= 4 is 51.0 Å². The first-order chi connectivity index (χ1) is 13.4. The summed E-state index contributed by atoms with van der Waals surface area (Å²) < 4.78 is 0.907. The molecule has 0 fully saturated rings. The molecule has 0 saturated carbocycles. The molecular weight excluding hydrogens is 424 g/mol. The van der Waals surface area contributed by atoms with Crippen LogP contribution in [0.2, 0.25) is 0 Å². The molecule has 1 atom stereocenters. The van der Waals surface area contributed by atoms with Gasteiger partial charge in [-0.05, 0) is 43.3 Å². The van der Waals surface area contributed by atoms with E-state index in [-0.39, 0.29) is 24.2 Å². The Kier molecular flexibility index (Phi) is 6.05. The average molecular weight is 443 g/mol. The Morgan fingerprint density at radius 2 is 1.75 bits per heavy atom. The van der Waals surface area contributed by atoms with E-state index in [9.17, 15) is 9.59 Å². The van der Waals surface area contributed by atoms with Crippen LogP contribution in [-0.4, -0.2) is 29.8 Å². The van der Waals surface area contributed by atoms with Crippen LogP contribution in [0.4, 0.5) is 11.4 Å². The molecule has 0 unspecified atom stereocenters. The minimum Gasteiger partial charge on any atom is -0.369 e. The molecule has 144 valence electrons. The monoisotopic (exact) mass is 442 g/mol. The van der Waals surface area contributed by atoms with Crippen LogP contribution in [0.5, 0.6) is 0 Å². The van der Waals surface area contributed by atoms with Crippen molar-refractivity contribution in [1.29, 1.82) is 0 Å². The molecule has 1 heterocycles. The molecule has 9 heteroatoms. The number of aryl methyl sites for hydroxylation is 1. The van der Waals surface area contributed by atoms with Crippen molar-refractivity contribution in [3.8, 4) is 0 Å². The van der Waals surface area contributed by atoms with Gasteiger partial charge in [0.1, 0.15) is 6.04 Å². The average Bonchev–Trinajstić information content (AvgIpc) is 2.97. The maximum Gasteiger partial charge on any atom is 0.252 e. The molecule has 0 aromatic heterocycles. The van der Waals surface area contributed by atoms with Crippen molar-refractivity contribution in [1.82, 2.24) is 5.32 Å². The van der Waals surface area contributed by atoms with Gasteiger partial charge in [0.05, 0.1) is 6.42 Å². The fourth-order valence-electron chi connectivity index (χ4n) is 2.47. The van der Waals surface area contributed by atoms with E-state index in [0.717, 1.165) is 15.7 Å². The first-order valence-corrected chi connectivity index (χ1v) is 9.30. The normalized spacial score (nSPS) is 16.4. The Morgan fingerprint density at radius 3 is 2.43 bits per heavy atom. The molecular formula is C19H19BrN6O2. The van der Waals surface area contributed by atoms with Crippen LogP contribution in [0.15, 0.2) is 63.0 Å². The molecule has 0 spiro atoms. The SMILES string of the molecule is Cc1ccc(NC(N)=NC2=N[C@H](CC(=O)Nc3ccc(Br)cc3)C(=O)N2)cc1. The molecule has 0 bridgehead atoms. The Hall–Kier alpha value is -3.20.